The number of guanidine groups is 1. The lowest BCUT2D eigenvalue weighted by Crippen LogP contribution is -2.42. The van der Waals surface area contributed by atoms with E-state index in [-0.39, 0.29) is 42.0 Å². The highest BCUT2D eigenvalue weighted by Gasteiger charge is 2.14. The van der Waals surface area contributed by atoms with Gasteiger partial charge in [0.1, 0.15) is 6.54 Å². The Bertz CT molecular complexity index is 707. The molecule has 0 aromatic heterocycles. The van der Waals surface area contributed by atoms with Crippen LogP contribution in [-0.2, 0) is 9.53 Å². The number of carbonyl (C=O) groups excluding carboxylic acids is 1. The Morgan fingerprint density at radius 3 is 2.58 bits per heavy atom. The summed E-state index contributed by atoms with van der Waals surface area (Å²) in [5.41, 5.74) is 0.532. The Hall–Kier alpha value is -1.75. The molecule has 1 heterocycles. The van der Waals surface area contributed by atoms with Gasteiger partial charge in [-0.05, 0) is 52.2 Å². The van der Waals surface area contributed by atoms with E-state index in [1.54, 1.807) is 7.11 Å². The standard InChI is InChI=1S/C22H36N4O4.HI/c1-22(2,3)26-20(27)16-24-21(23-11-6-5-7-12-28-4)25-17-9-10-18-19(15-17)30-14-8-13-29-18;/h9-10,15H,5-8,11-14,16H2,1-4H3,(H,26,27)(H2,23,24,25);1H. The first-order valence-electron chi connectivity index (χ1n) is 10.6. The average Bonchev–Trinajstić information content (AvgIpc) is 2.92. The number of anilines is 1. The van der Waals surface area contributed by atoms with Gasteiger partial charge in [0.25, 0.3) is 0 Å². The number of benzene rings is 1. The first kappa shape index (κ1) is 27.3. The van der Waals surface area contributed by atoms with Crippen molar-refractivity contribution in [3.63, 3.8) is 0 Å². The number of nitrogens with one attached hydrogen (secondary N) is 3. The third-order valence-corrected chi connectivity index (χ3v) is 4.22. The minimum Gasteiger partial charge on any atom is -0.490 e. The number of nitrogens with zero attached hydrogens (tertiary/aromatic N) is 1. The van der Waals surface area contributed by atoms with E-state index in [9.17, 15) is 4.79 Å². The number of amides is 1. The molecule has 0 fully saturated rings. The van der Waals surface area contributed by atoms with Crippen molar-refractivity contribution >= 4 is 41.5 Å². The van der Waals surface area contributed by atoms with Gasteiger partial charge in [0.2, 0.25) is 5.91 Å². The molecule has 1 aliphatic rings. The van der Waals surface area contributed by atoms with Gasteiger partial charge in [-0.25, -0.2) is 4.99 Å². The zero-order valence-corrected chi connectivity index (χ0v) is 21.4. The van der Waals surface area contributed by atoms with Gasteiger partial charge in [0.05, 0.1) is 13.2 Å². The Kier molecular flexibility index (Phi) is 12.6. The molecule has 1 aliphatic heterocycles. The number of ether oxygens (including phenoxy) is 3. The summed E-state index contributed by atoms with van der Waals surface area (Å²) in [6, 6.07) is 5.70. The normalized spacial score (nSPS) is 13.6. The number of halogens is 1. The number of methoxy groups -OCH3 is 1. The van der Waals surface area contributed by atoms with Gasteiger partial charge in [0.15, 0.2) is 17.5 Å². The monoisotopic (exact) mass is 548 g/mol. The van der Waals surface area contributed by atoms with E-state index in [2.05, 4.69) is 20.9 Å². The third kappa shape index (κ3) is 11.4. The lowest BCUT2D eigenvalue weighted by molar-refractivity contribution is -0.121. The molecule has 0 saturated carbocycles. The van der Waals surface area contributed by atoms with Crippen LogP contribution in [-0.4, -0.2) is 57.4 Å². The molecule has 0 unspecified atom stereocenters. The second-order valence-electron chi connectivity index (χ2n) is 8.28. The largest absolute Gasteiger partial charge is 0.490 e. The van der Waals surface area contributed by atoms with Crippen LogP contribution in [0.15, 0.2) is 23.2 Å². The van der Waals surface area contributed by atoms with Crippen molar-refractivity contribution in [2.75, 3.05) is 45.3 Å². The molecule has 2 rings (SSSR count). The molecule has 0 saturated heterocycles. The second kappa shape index (κ2) is 14.3. The summed E-state index contributed by atoms with van der Waals surface area (Å²) in [6.07, 6.45) is 3.92. The summed E-state index contributed by atoms with van der Waals surface area (Å²) in [5, 5.41) is 9.49. The zero-order chi connectivity index (χ0) is 21.8. The van der Waals surface area contributed by atoms with Crippen molar-refractivity contribution in [1.82, 2.24) is 10.6 Å². The predicted molar refractivity (Wildman–Crippen MR) is 135 cm³/mol. The molecule has 9 heteroatoms. The lowest BCUT2D eigenvalue weighted by atomic mass is 10.1. The fourth-order valence-electron chi connectivity index (χ4n) is 2.88. The summed E-state index contributed by atoms with van der Waals surface area (Å²) in [5.74, 6) is 1.89. The van der Waals surface area contributed by atoms with Crippen LogP contribution in [0.1, 0.15) is 46.5 Å². The van der Waals surface area contributed by atoms with Crippen LogP contribution in [0, 0.1) is 0 Å². The highest BCUT2D eigenvalue weighted by atomic mass is 127. The maximum atomic E-state index is 12.2. The van der Waals surface area contributed by atoms with Gasteiger partial charge in [-0.15, -0.1) is 24.0 Å². The predicted octanol–water partition coefficient (Wildman–Crippen LogP) is 3.55. The van der Waals surface area contributed by atoms with Crippen molar-refractivity contribution in [2.24, 2.45) is 4.99 Å². The molecule has 0 radical (unpaired) electrons. The van der Waals surface area contributed by atoms with Crippen LogP contribution in [0.4, 0.5) is 5.69 Å². The van der Waals surface area contributed by atoms with Crippen LogP contribution in [0.3, 0.4) is 0 Å². The average molecular weight is 548 g/mol. The summed E-state index contributed by atoms with van der Waals surface area (Å²) in [7, 11) is 1.71. The molecular formula is C22H37IN4O4. The topological polar surface area (TPSA) is 93.2 Å². The minimum absolute atomic E-state index is 0. The number of carbonyl (C=O) groups is 1. The first-order valence-corrected chi connectivity index (χ1v) is 10.6. The Morgan fingerprint density at radius 1 is 1.13 bits per heavy atom. The van der Waals surface area contributed by atoms with Crippen molar-refractivity contribution in [3.05, 3.63) is 18.2 Å². The van der Waals surface area contributed by atoms with Crippen molar-refractivity contribution < 1.29 is 19.0 Å². The van der Waals surface area contributed by atoms with Gasteiger partial charge in [-0.2, -0.15) is 0 Å². The van der Waals surface area contributed by atoms with E-state index in [1.165, 1.54) is 0 Å². The SMILES string of the molecule is COCCCCCNC(=NCC(=O)NC(C)(C)C)Nc1ccc2c(c1)OCCCO2.I. The van der Waals surface area contributed by atoms with Crippen molar-refractivity contribution in [2.45, 2.75) is 52.0 Å². The Labute approximate surface area is 202 Å². The molecule has 31 heavy (non-hydrogen) atoms. The number of aliphatic imine (C=N–C) groups is 1. The second-order valence-corrected chi connectivity index (χ2v) is 8.28. The molecule has 1 aromatic rings. The van der Waals surface area contributed by atoms with Crippen LogP contribution < -0.4 is 25.4 Å². The Morgan fingerprint density at radius 2 is 1.87 bits per heavy atom. The number of fused-ring (bicyclic) bond motifs is 1. The molecule has 0 spiro atoms. The van der Waals surface area contributed by atoms with Gasteiger partial charge in [-0.3, -0.25) is 4.79 Å². The molecule has 0 bridgehead atoms. The highest BCUT2D eigenvalue weighted by molar-refractivity contribution is 14.0. The highest BCUT2D eigenvalue weighted by Crippen LogP contribution is 2.32. The molecule has 8 nitrogen and oxygen atoms in total. The Balaban J connectivity index is 0.00000480. The van der Waals surface area contributed by atoms with Crippen molar-refractivity contribution in [3.8, 4) is 11.5 Å². The third-order valence-electron chi connectivity index (χ3n) is 4.22. The van der Waals surface area contributed by atoms with Gasteiger partial charge >= 0.3 is 0 Å². The van der Waals surface area contributed by atoms with E-state index in [0.29, 0.717) is 24.9 Å². The molecule has 0 aliphatic carbocycles. The molecule has 1 amide bonds. The van der Waals surface area contributed by atoms with Crippen molar-refractivity contribution in [1.29, 1.82) is 0 Å². The smallest absolute Gasteiger partial charge is 0.242 e. The van der Waals surface area contributed by atoms with E-state index < -0.39 is 0 Å². The summed E-state index contributed by atoms with van der Waals surface area (Å²) >= 11 is 0. The van der Waals surface area contributed by atoms with E-state index in [4.69, 9.17) is 14.2 Å². The van der Waals surface area contributed by atoms with Crippen LogP contribution >= 0.6 is 24.0 Å². The maximum absolute atomic E-state index is 12.2. The van der Waals surface area contributed by atoms with E-state index >= 15 is 0 Å². The minimum atomic E-state index is -0.288. The number of rotatable bonds is 9. The number of unbranched alkanes of at least 4 members (excludes halogenated alkanes) is 2. The van der Waals surface area contributed by atoms with Crippen LogP contribution in [0.2, 0.25) is 0 Å². The lowest BCUT2D eigenvalue weighted by Gasteiger charge is -2.20. The molecule has 3 N–H and O–H groups in total. The molecule has 176 valence electrons. The van der Waals surface area contributed by atoms with Gasteiger partial charge in [0, 0.05) is 44.0 Å². The molecule has 0 atom stereocenters. The van der Waals surface area contributed by atoms with Crippen LogP contribution in [0.5, 0.6) is 11.5 Å². The summed E-state index contributed by atoms with van der Waals surface area (Å²) < 4.78 is 16.5. The van der Waals surface area contributed by atoms with E-state index in [1.807, 2.05) is 39.0 Å². The number of hydrogen-bond acceptors (Lipinski definition) is 5. The quantitative estimate of drug-likeness (QED) is 0.189. The van der Waals surface area contributed by atoms with E-state index in [0.717, 1.165) is 50.3 Å². The maximum Gasteiger partial charge on any atom is 0.242 e. The summed E-state index contributed by atoms with van der Waals surface area (Å²) in [6.45, 7) is 8.69. The fourth-order valence-corrected chi connectivity index (χ4v) is 2.88. The van der Waals surface area contributed by atoms with Gasteiger partial charge in [-0.1, -0.05) is 0 Å². The number of hydrogen-bond donors (Lipinski definition) is 3. The molecular weight excluding hydrogens is 511 g/mol. The fraction of sp³-hybridized carbons (Fsp3) is 0.636. The first-order chi connectivity index (χ1) is 14.4. The summed E-state index contributed by atoms with van der Waals surface area (Å²) in [4.78, 5) is 16.6. The van der Waals surface area contributed by atoms with Crippen LogP contribution in [0.25, 0.3) is 0 Å². The molecule has 1 aromatic carbocycles. The van der Waals surface area contributed by atoms with Gasteiger partial charge < -0.3 is 30.2 Å². The zero-order valence-electron chi connectivity index (χ0n) is 19.1.